The minimum atomic E-state index is -1.24. The molecule has 0 atom stereocenters. The maximum Gasteiger partial charge on any atom is 0.317 e. The molecule has 0 saturated carbocycles. The van der Waals surface area contributed by atoms with E-state index in [0.717, 1.165) is 34.8 Å². The minimum Gasteiger partial charge on any atom is -0.397 e. The Hall–Kier alpha value is -3.10. The van der Waals surface area contributed by atoms with Gasteiger partial charge in [-0.3, -0.25) is 4.79 Å². The molecule has 4 rings (SSSR count). The number of carbonyl (C=O) groups excluding carboxylic acids is 2. The maximum atomic E-state index is 12.7. The van der Waals surface area contributed by atoms with Gasteiger partial charge in [-0.25, -0.2) is 4.79 Å². The van der Waals surface area contributed by atoms with E-state index >= 15 is 0 Å². The lowest BCUT2D eigenvalue weighted by atomic mass is 10.1. The number of thiophene rings is 1. The number of nitrogen functional groups attached to an aromatic ring is 1. The highest BCUT2D eigenvalue weighted by atomic mass is 32.1. The summed E-state index contributed by atoms with van der Waals surface area (Å²) in [5.41, 5.74) is 9.69. The molecule has 32 heavy (non-hydrogen) atoms. The van der Waals surface area contributed by atoms with E-state index in [0.29, 0.717) is 23.5 Å². The molecule has 3 aromatic rings. The lowest BCUT2D eigenvalue weighted by molar-refractivity contribution is 0.102. The van der Waals surface area contributed by atoms with E-state index in [1.807, 2.05) is 46.7 Å². The molecule has 166 valence electrons. The second kappa shape index (κ2) is 9.18. The predicted octanol–water partition coefficient (Wildman–Crippen LogP) is 5.02. The second-order valence-electron chi connectivity index (χ2n) is 8.92. The maximum absolute atomic E-state index is 12.7. The molecule has 1 aliphatic heterocycles. The van der Waals surface area contributed by atoms with Gasteiger partial charge in [0.15, 0.2) is 0 Å². The van der Waals surface area contributed by atoms with Crippen LogP contribution in [0.1, 0.15) is 15.9 Å². The molecule has 1 aromatic heterocycles. The molecular formula is C24H28N4O2SSi. The van der Waals surface area contributed by atoms with Gasteiger partial charge in [0.1, 0.15) is 0 Å². The smallest absolute Gasteiger partial charge is 0.317 e. The molecule has 0 unspecified atom stereocenters. The minimum absolute atomic E-state index is 0.00834. The van der Waals surface area contributed by atoms with Crippen LogP contribution in [0.5, 0.6) is 0 Å². The van der Waals surface area contributed by atoms with E-state index in [-0.39, 0.29) is 11.9 Å². The van der Waals surface area contributed by atoms with Gasteiger partial charge in [-0.15, -0.1) is 11.3 Å². The van der Waals surface area contributed by atoms with Crippen LogP contribution in [0, 0.1) is 0 Å². The fraction of sp³-hybridized carbons (Fsp3) is 0.250. The number of carbonyl (C=O) groups is 2. The van der Waals surface area contributed by atoms with Crippen molar-refractivity contribution in [2.45, 2.75) is 25.7 Å². The van der Waals surface area contributed by atoms with Crippen LogP contribution in [-0.2, 0) is 6.54 Å². The molecule has 8 heteroatoms. The Labute approximate surface area is 193 Å². The van der Waals surface area contributed by atoms with Gasteiger partial charge in [-0.2, -0.15) is 0 Å². The average molecular weight is 465 g/mol. The monoisotopic (exact) mass is 464 g/mol. The molecule has 0 spiro atoms. The molecule has 3 amide bonds. The molecule has 1 aliphatic rings. The lowest BCUT2D eigenvalue weighted by Crippen LogP contribution is -2.41. The van der Waals surface area contributed by atoms with Crippen LogP contribution in [0.15, 0.2) is 60.0 Å². The van der Waals surface area contributed by atoms with Crippen molar-refractivity contribution >= 4 is 42.7 Å². The number of benzene rings is 2. The number of anilines is 2. The molecular weight excluding hydrogens is 436 g/mol. The van der Waals surface area contributed by atoms with Crippen molar-refractivity contribution in [2.24, 2.45) is 0 Å². The first-order valence-electron chi connectivity index (χ1n) is 10.7. The van der Waals surface area contributed by atoms with Crippen molar-refractivity contribution in [3.05, 3.63) is 71.1 Å². The number of hydrogen-bond acceptors (Lipinski definition) is 4. The summed E-state index contributed by atoms with van der Waals surface area (Å²) >= 11 is 1.64. The Morgan fingerprint density at radius 1 is 1.12 bits per heavy atom. The molecule has 0 aliphatic carbocycles. The zero-order valence-electron chi connectivity index (χ0n) is 18.4. The van der Waals surface area contributed by atoms with E-state index in [2.05, 4.69) is 23.7 Å². The van der Waals surface area contributed by atoms with Crippen molar-refractivity contribution in [3.8, 4) is 10.4 Å². The Bertz CT molecular complexity index is 1110. The normalized spacial score (nSPS) is 14.9. The number of hydrogen-bond donors (Lipinski definition) is 3. The van der Waals surface area contributed by atoms with Gasteiger partial charge in [0.05, 0.1) is 19.4 Å². The second-order valence-corrected chi connectivity index (χ2v) is 15.0. The fourth-order valence-electron chi connectivity index (χ4n) is 3.80. The van der Waals surface area contributed by atoms with Gasteiger partial charge in [-0.05, 0) is 52.9 Å². The summed E-state index contributed by atoms with van der Waals surface area (Å²) in [6, 6.07) is 18.1. The van der Waals surface area contributed by atoms with Crippen LogP contribution in [0.4, 0.5) is 16.2 Å². The molecule has 1 saturated heterocycles. The third-order valence-corrected chi connectivity index (χ3v) is 9.47. The zero-order chi connectivity index (χ0) is 22.7. The number of nitrogens with one attached hydrogen (secondary N) is 2. The largest absolute Gasteiger partial charge is 0.397 e. The van der Waals surface area contributed by atoms with Crippen molar-refractivity contribution in [1.82, 2.24) is 10.2 Å². The Morgan fingerprint density at radius 3 is 2.56 bits per heavy atom. The van der Waals surface area contributed by atoms with E-state index in [1.54, 1.807) is 29.5 Å². The predicted molar refractivity (Wildman–Crippen MR) is 135 cm³/mol. The summed E-state index contributed by atoms with van der Waals surface area (Å²) < 4.78 is 0. The SMILES string of the molecule is C[Si]1(C)CCN(C(=O)NCc2ccc(C(=O)Nc3cc(-c4cccs4)ccc3N)cc2)C1. The van der Waals surface area contributed by atoms with Crippen LogP contribution >= 0.6 is 11.3 Å². The van der Waals surface area contributed by atoms with Crippen LogP contribution in [-0.4, -0.2) is 37.6 Å². The summed E-state index contributed by atoms with van der Waals surface area (Å²) in [7, 11) is -1.24. The number of urea groups is 1. The highest BCUT2D eigenvalue weighted by Crippen LogP contribution is 2.30. The lowest BCUT2D eigenvalue weighted by Gasteiger charge is -2.19. The van der Waals surface area contributed by atoms with Gasteiger partial charge < -0.3 is 21.3 Å². The Morgan fingerprint density at radius 2 is 1.91 bits per heavy atom. The highest BCUT2D eigenvalue weighted by Gasteiger charge is 2.33. The topological polar surface area (TPSA) is 87.5 Å². The van der Waals surface area contributed by atoms with Crippen LogP contribution in [0.2, 0.25) is 19.1 Å². The van der Waals surface area contributed by atoms with Gasteiger partial charge in [0, 0.05) is 29.7 Å². The summed E-state index contributed by atoms with van der Waals surface area (Å²) in [5.74, 6) is -0.222. The third-order valence-electron chi connectivity index (χ3n) is 5.73. The molecule has 2 aromatic carbocycles. The molecule has 4 N–H and O–H groups in total. The number of rotatable bonds is 5. The standard InChI is InChI=1S/C24H28N4O2SSi/c1-32(2)13-11-28(16-32)24(30)26-15-17-5-7-18(8-6-17)23(29)27-21-14-19(9-10-20(21)25)22-4-3-12-31-22/h3-10,12,14H,11,13,15-16,25H2,1-2H3,(H,26,30)(H,27,29). The summed E-state index contributed by atoms with van der Waals surface area (Å²) in [6.07, 6.45) is 0.911. The van der Waals surface area contributed by atoms with E-state index in [4.69, 9.17) is 5.73 Å². The van der Waals surface area contributed by atoms with Crippen molar-refractivity contribution < 1.29 is 9.59 Å². The first kappa shape index (κ1) is 22.1. The third kappa shape index (κ3) is 5.20. The summed E-state index contributed by atoms with van der Waals surface area (Å²) in [5, 5.41) is 7.91. The highest BCUT2D eigenvalue weighted by molar-refractivity contribution is 7.13. The fourth-order valence-corrected chi connectivity index (χ4v) is 6.90. The Balaban J connectivity index is 1.35. The van der Waals surface area contributed by atoms with E-state index in [1.165, 1.54) is 0 Å². The van der Waals surface area contributed by atoms with Crippen molar-refractivity contribution in [1.29, 1.82) is 0 Å². The van der Waals surface area contributed by atoms with Gasteiger partial charge in [0.25, 0.3) is 5.91 Å². The molecule has 0 bridgehead atoms. The number of nitrogens with zero attached hydrogens (tertiary/aromatic N) is 1. The molecule has 6 nitrogen and oxygen atoms in total. The summed E-state index contributed by atoms with van der Waals surface area (Å²) in [6.45, 7) is 5.92. The average Bonchev–Trinajstić information content (AvgIpc) is 3.43. The van der Waals surface area contributed by atoms with E-state index in [9.17, 15) is 9.59 Å². The van der Waals surface area contributed by atoms with Crippen molar-refractivity contribution in [3.63, 3.8) is 0 Å². The molecule has 0 radical (unpaired) electrons. The molecule has 2 heterocycles. The first-order valence-corrected chi connectivity index (χ1v) is 15.0. The van der Waals surface area contributed by atoms with E-state index < -0.39 is 8.07 Å². The van der Waals surface area contributed by atoms with Crippen LogP contribution in [0.3, 0.4) is 0 Å². The quantitative estimate of drug-likeness (QED) is 0.366. The van der Waals surface area contributed by atoms with Crippen molar-refractivity contribution in [2.75, 3.05) is 23.8 Å². The van der Waals surface area contributed by atoms with Gasteiger partial charge in [0.2, 0.25) is 0 Å². The van der Waals surface area contributed by atoms with Gasteiger partial charge >= 0.3 is 6.03 Å². The van der Waals surface area contributed by atoms with Crippen LogP contribution in [0.25, 0.3) is 10.4 Å². The number of nitrogens with two attached hydrogens (primary N) is 1. The number of amides is 3. The van der Waals surface area contributed by atoms with Crippen LogP contribution < -0.4 is 16.4 Å². The molecule has 1 fully saturated rings. The summed E-state index contributed by atoms with van der Waals surface area (Å²) in [4.78, 5) is 28.2. The van der Waals surface area contributed by atoms with Gasteiger partial charge in [-0.1, -0.05) is 37.4 Å². The zero-order valence-corrected chi connectivity index (χ0v) is 20.2. The Kier molecular flexibility index (Phi) is 6.34. The first-order chi connectivity index (χ1) is 15.3.